The summed E-state index contributed by atoms with van der Waals surface area (Å²) in [6, 6.07) is 7.21. The summed E-state index contributed by atoms with van der Waals surface area (Å²) in [6.07, 6.45) is -3.72. The van der Waals surface area contributed by atoms with E-state index < -0.39 is 18.1 Å². The van der Waals surface area contributed by atoms with E-state index in [4.69, 9.17) is 9.47 Å². The van der Waals surface area contributed by atoms with E-state index in [1.54, 1.807) is 27.0 Å². The van der Waals surface area contributed by atoms with Crippen LogP contribution in [0.3, 0.4) is 0 Å². The Bertz CT molecular complexity index is 1180. The standard InChI is InChI=1S/C23H26F3N5O4/c1-22(2,3)35-21(32)28-14-17-19-18(30-10-12-33-13-11-30)8-9-27-20(19)31(29-17)15-4-6-16(7-5-15)34-23(24,25)26/h4-9H,10-14H2,1-3H3,(H,28,32). The number of alkyl carbamates (subject to hydrolysis) is 1. The Morgan fingerprint density at radius 2 is 1.80 bits per heavy atom. The van der Waals surface area contributed by atoms with Crippen molar-refractivity contribution in [3.8, 4) is 11.4 Å². The Morgan fingerprint density at radius 1 is 1.11 bits per heavy atom. The third-order valence-corrected chi connectivity index (χ3v) is 5.08. The molecule has 0 saturated carbocycles. The number of benzene rings is 1. The van der Waals surface area contributed by atoms with Crippen LogP contribution in [-0.4, -0.2) is 59.1 Å². The summed E-state index contributed by atoms with van der Waals surface area (Å²) in [7, 11) is 0. The number of rotatable bonds is 5. The Balaban J connectivity index is 1.72. The molecule has 1 aliphatic rings. The molecule has 3 aromatic rings. The van der Waals surface area contributed by atoms with E-state index in [0.29, 0.717) is 43.3 Å². The highest BCUT2D eigenvalue weighted by Gasteiger charge is 2.31. The second-order valence-electron chi connectivity index (χ2n) is 8.88. The van der Waals surface area contributed by atoms with Gasteiger partial charge in [0.1, 0.15) is 11.4 Å². The summed E-state index contributed by atoms with van der Waals surface area (Å²) < 4.78 is 53.9. The molecule has 0 spiro atoms. The molecule has 1 saturated heterocycles. The van der Waals surface area contributed by atoms with Gasteiger partial charge in [-0.25, -0.2) is 14.5 Å². The van der Waals surface area contributed by atoms with Crippen molar-refractivity contribution in [3.05, 3.63) is 42.2 Å². The molecule has 0 aliphatic carbocycles. The van der Waals surface area contributed by atoms with Crippen molar-refractivity contribution in [2.45, 2.75) is 39.3 Å². The minimum Gasteiger partial charge on any atom is -0.444 e. The number of ether oxygens (including phenoxy) is 3. The zero-order valence-corrected chi connectivity index (χ0v) is 19.6. The molecule has 1 aromatic carbocycles. The number of amides is 1. The predicted octanol–water partition coefficient (Wildman–Crippen LogP) is 4.18. The second kappa shape index (κ2) is 9.61. The number of aromatic nitrogens is 3. The van der Waals surface area contributed by atoms with E-state index in [0.717, 1.165) is 11.1 Å². The molecule has 1 aliphatic heterocycles. The topological polar surface area (TPSA) is 90.7 Å². The van der Waals surface area contributed by atoms with Gasteiger partial charge in [0.25, 0.3) is 0 Å². The SMILES string of the molecule is CC(C)(C)OC(=O)NCc1nn(-c2ccc(OC(F)(F)F)cc2)c2nccc(N3CCOCC3)c12. The first-order valence-electron chi connectivity index (χ1n) is 11.0. The first-order chi connectivity index (χ1) is 16.5. The van der Waals surface area contributed by atoms with E-state index in [2.05, 4.69) is 25.0 Å². The molecule has 0 bridgehead atoms. The largest absolute Gasteiger partial charge is 0.573 e. The normalized spacial score (nSPS) is 14.7. The van der Waals surface area contributed by atoms with Crippen molar-refractivity contribution < 1.29 is 32.2 Å². The third kappa shape index (κ3) is 6.13. The molecule has 0 unspecified atom stereocenters. The number of carbonyl (C=O) groups is 1. The van der Waals surface area contributed by atoms with Crippen LogP contribution in [0.4, 0.5) is 23.7 Å². The fourth-order valence-electron chi connectivity index (χ4n) is 3.73. The molecule has 2 aromatic heterocycles. The number of morpholine rings is 1. The predicted molar refractivity (Wildman–Crippen MR) is 122 cm³/mol. The van der Waals surface area contributed by atoms with E-state index in [-0.39, 0.29) is 12.3 Å². The van der Waals surface area contributed by atoms with Crippen molar-refractivity contribution >= 4 is 22.8 Å². The maximum Gasteiger partial charge on any atom is 0.573 e. The van der Waals surface area contributed by atoms with Crippen LogP contribution in [0.2, 0.25) is 0 Å². The molecule has 0 radical (unpaired) electrons. The molecule has 1 N–H and O–H groups in total. The number of alkyl halides is 3. The van der Waals surface area contributed by atoms with Gasteiger partial charge in [-0.3, -0.25) is 0 Å². The smallest absolute Gasteiger partial charge is 0.444 e. The van der Waals surface area contributed by atoms with Gasteiger partial charge in [0.15, 0.2) is 5.65 Å². The van der Waals surface area contributed by atoms with Gasteiger partial charge in [0, 0.05) is 19.3 Å². The molecule has 0 atom stereocenters. The molecular weight excluding hydrogens is 467 g/mol. The monoisotopic (exact) mass is 493 g/mol. The summed E-state index contributed by atoms with van der Waals surface area (Å²) in [5.41, 5.74) is 1.74. The average Bonchev–Trinajstić information content (AvgIpc) is 3.15. The van der Waals surface area contributed by atoms with E-state index >= 15 is 0 Å². The zero-order chi connectivity index (χ0) is 25.2. The molecule has 188 valence electrons. The molecule has 1 fully saturated rings. The minimum atomic E-state index is -4.78. The van der Waals surface area contributed by atoms with Crippen molar-refractivity contribution in [3.63, 3.8) is 0 Å². The fourth-order valence-corrected chi connectivity index (χ4v) is 3.73. The average molecular weight is 493 g/mol. The van der Waals surface area contributed by atoms with Gasteiger partial charge in [0.2, 0.25) is 0 Å². The highest BCUT2D eigenvalue weighted by molar-refractivity contribution is 5.93. The maximum absolute atomic E-state index is 12.5. The molecule has 1 amide bonds. The van der Waals surface area contributed by atoms with Gasteiger partial charge >= 0.3 is 12.5 Å². The molecular formula is C23H26F3N5O4. The number of hydrogen-bond donors (Lipinski definition) is 1. The minimum absolute atomic E-state index is 0.0662. The number of nitrogens with zero attached hydrogens (tertiary/aromatic N) is 4. The molecule has 3 heterocycles. The summed E-state index contributed by atoms with van der Waals surface area (Å²) in [5.74, 6) is -0.341. The lowest BCUT2D eigenvalue weighted by Gasteiger charge is -2.29. The summed E-state index contributed by atoms with van der Waals surface area (Å²) in [6.45, 7) is 7.86. The molecule has 12 heteroatoms. The molecule has 4 rings (SSSR count). The van der Waals surface area contributed by atoms with E-state index in [9.17, 15) is 18.0 Å². The highest BCUT2D eigenvalue weighted by Crippen LogP contribution is 2.31. The summed E-state index contributed by atoms with van der Waals surface area (Å²) in [5, 5.41) is 8.10. The van der Waals surface area contributed by atoms with Crippen LogP contribution < -0.4 is 15.0 Å². The number of halogens is 3. The summed E-state index contributed by atoms with van der Waals surface area (Å²) >= 11 is 0. The first-order valence-corrected chi connectivity index (χ1v) is 11.0. The van der Waals surface area contributed by atoms with Gasteiger partial charge in [-0.2, -0.15) is 5.10 Å². The van der Waals surface area contributed by atoms with Gasteiger partial charge < -0.3 is 24.4 Å². The number of anilines is 1. The number of fused-ring (bicyclic) bond motifs is 1. The fraction of sp³-hybridized carbons (Fsp3) is 0.435. The van der Waals surface area contributed by atoms with Gasteiger partial charge in [0.05, 0.1) is 42.2 Å². The number of pyridine rings is 1. The quantitative estimate of drug-likeness (QED) is 0.570. The van der Waals surface area contributed by atoms with E-state index in [1.165, 1.54) is 28.9 Å². The van der Waals surface area contributed by atoms with Crippen molar-refractivity contribution in [1.29, 1.82) is 0 Å². The second-order valence-corrected chi connectivity index (χ2v) is 8.88. The number of hydrogen-bond acceptors (Lipinski definition) is 7. The lowest BCUT2D eigenvalue weighted by molar-refractivity contribution is -0.274. The van der Waals surface area contributed by atoms with E-state index in [1.807, 2.05) is 6.07 Å². The van der Waals surface area contributed by atoms with Gasteiger partial charge in [-0.1, -0.05) is 0 Å². The van der Waals surface area contributed by atoms with Crippen LogP contribution in [0.15, 0.2) is 36.5 Å². The maximum atomic E-state index is 12.5. The Labute approximate surface area is 199 Å². The van der Waals surface area contributed by atoms with Crippen LogP contribution in [0.1, 0.15) is 26.5 Å². The lowest BCUT2D eigenvalue weighted by atomic mass is 10.2. The van der Waals surface area contributed by atoms with Crippen LogP contribution >= 0.6 is 0 Å². The Kier molecular flexibility index (Phi) is 6.75. The third-order valence-electron chi connectivity index (χ3n) is 5.08. The molecule has 35 heavy (non-hydrogen) atoms. The van der Waals surface area contributed by atoms with Crippen LogP contribution in [0.5, 0.6) is 5.75 Å². The van der Waals surface area contributed by atoms with Crippen LogP contribution in [0.25, 0.3) is 16.7 Å². The number of carbonyl (C=O) groups excluding carboxylic acids is 1. The van der Waals surface area contributed by atoms with Crippen molar-refractivity contribution in [2.75, 3.05) is 31.2 Å². The van der Waals surface area contributed by atoms with Crippen LogP contribution in [0, 0.1) is 0 Å². The van der Waals surface area contributed by atoms with Crippen molar-refractivity contribution in [1.82, 2.24) is 20.1 Å². The summed E-state index contributed by atoms with van der Waals surface area (Å²) in [4.78, 5) is 18.9. The van der Waals surface area contributed by atoms with Gasteiger partial charge in [-0.05, 0) is 51.1 Å². The zero-order valence-electron chi connectivity index (χ0n) is 19.6. The highest BCUT2D eigenvalue weighted by atomic mass is 19.4. The van der Waals surface area contributed by atoms with Gasteiger partial charge in [-0.15, -0.1) is 13.2 Å². The lowest BCUT2D eigenvalue weighted by Crippen LogP contribution is -2.36. The van der Waals surface area contributed by atoms with Crippen molar-refractivity contribution in [2.24, 2.45) is 0 Å². The Morgan fingerprint density at radius 3 is 2.43 bits per heavy atom. The molecule has 9 nitrogen and oxygen atoms in total. The van der Waals surface area contributed by atoms with Crippen LogP contribution in [-0.2, 0) is 16.0 Å². The Hall–Kier alpha value is -3.54. The number of nitrogens with one attached hydrogen (secondary N) is 1. The first kappa shape index (κ1) is 24.6.